The second-order valence-electron chi connectivity index (χ2n) is 4.28. The van der Waals surface area contributed by atoms with E-state index in [1.807, 2.05) is 13.8 Å². The van der Waals surface area contributed by atoms with Crippen LogP contribution in [0.25, 0.3) is 0 Å². The summed E-state index contributed by atoms with van der Waals surface area (Å²) >= 11 is 0. The van der Waals surface area contributed by atoms with Gasteiger partial charge in [0.15, 0.2) is 0 Å². The molecule has 0 aromatic carbocycles. The predicted octanol–water partition coefficient (Wildman–Crippen LogP) is 1.71. The highest BCUT2D eigenvalue weighted by Crippen LogP contribution is 2.35. The molecule has 3 heteroatoms. The zero-order valence-electron chi connectivity index (χ0n) is 7.68. The second-order valence-corrected chi connectivity index (χ2v) is 4.28. The Morgan fingerprint density at radius 3 is 1.82 bits per heavy atom. The third-order valence-electron chi connectivity index (χ3n) is 2.14. The first-order chi connectivity index (χ1) is 4.33. The van der Waals surface area contributed by atoms with Crippen LogP contribution >= 0.6 is 12.4 Å². The third kappa shape index (κ3) is 2.32. The molecule has 0 spiro atoms. The highest BCUT2D eigenvalue weighted by molar-refractivity contribution is 5.85. The molecular weight excluding hydrogens is 162 g/mol. The summed E-state index contributed by atoms with van der Waals surface area (Å²) in [6.07, 6.45) is 0.958. The van der Waals surface area contributed by atoms with Crippen molar-refractivity contribution in [2.24, 2.45) is 5.73 Å². The van der Waals surface area contributed by atoms with E-state index in [1.54, 1.807) is 0 Å². The van der Waals surface area contributed by atoms with Gasteiger partial charge < -0.3 is 10.5 Å². The van der Waals surface area contributed by atoms with E-state index in [9.17, 15) is 0 Å². The van der Waals surface area contributed by atoms with Crippen LogP contribution in [0, 0.1) is 0 Å². The van der Waals surface area contributed by atoms with E-state index in [4.69, 9.17) is 10.5 Å². The zero-order chi connectivity index (χ0) is 7.99. The topological polar surface area (TPSA) is 35.2 Å². The molecule has 1 aliphatic heterocycles. The minimum absolute atomic E-state index is 0. The highest BCUT2D eigenvalue weighted by atomic mass is 35.5. The molecular formula is C8H18ClNO. The Kier molecular flexibility index (Phi) is 2.98. The average Bonchev–Trinajstić information content (AvgIpc) is 1.73. The van der Waals surface area contributed by atoms with Gasteiger partial charge in [-0.25, -0.2) is 0 Å². The first kappa shape index (κ1) is 11.2. The van der Waals surface area contributed by atoms with Crippen LogP contribution in [0.1, 0.15) is 34.1 Å². The van der Waals surface area contributed by atoms with Crippen LogP contribution in [-0.2, 0) is 4.74 Å². The summed E-state index contributed by atoms with van der Waals surface area (Å²) in [6.45, 7) is 8.27. The van der Waals surface area contributed by atoms with E-state index < -0.39 is 0 Å². The van der Waals surface area contributed by atoms with Crippen LogP contribution in [0.2, 0.25) is 0 Å². The Labute approximate surface area is 74.9 Å². The number of ether oxygens (including phenoxy) is 1. The summed E-state index contributed by atoms with van der Waals surface area (Å²) in [7, 11) is 0. The summed E-state index contributed by atoms with van der Waals surface area (Å²) in [6, 6.07) is 0.183. The number of hydrogen-bond donors (Lipinski definition) is 1. The molecule has 0 radical (unpaired) electrons. The maximum atomic E-state index is 5.86. The maximum absolute atomic E-state index is 5.86. The fraction of sp³-hybridized carbons (Fsp3) is 1.00. The fourth-order valence-electron chi connectivity index (χ4n) is 1.60. The summed E-state index contributed by atoms with van der Waals surface area (Å²) in [5.74, 6) is 0. The minimum Gasteiger partial charge on any atom is -0.368 e. The lowest BCUT2D eigenvalue weighted by Gasteiger charge is -2.25. The molecule has 1 atom stereocenters. The first-order valence-electron chi connectivity index (χ1n) is 3.79. The summed E-state index contributed by atoms with van der Waals surface area (Å²) in [5, 5.41) is 0. The van der Waals surface area contributed by atoms with Crippen molar-refractivity contribution in [2.75, 3.05) is 0 Å². The van der Waals surface area contributed by atoms with Crippen molar-refractivity contribution < 1.29 is 4.74 Å². The number of nitrogens with two attached hydrogens (primary N) is 1. The Balaban J connectivity index is 0.000001000. The highest BCUT2D eigenvalue weighted by Gasteiger charge is 2.43. The molecule has 68 valence electrons. The Bertz CT molecular complexity index is 145. The van der Waals surface area contributed by atoms with Gasteiger partial charge in [0.2, 0.25) is 0 Å². The summed E-state index contributed by atoms with van der Waals surface area (Å²) in [5.41, 5.74) is 5.70. The van der Waals surface area contributed by atoms with Crippen molar-refractivity contribution in [1.82, 2.24) is 0 Å². The van der Waals surface area contributed by atoms with Gasteiger partial charge in [0.25, 0.3) is 0 Å². The standard InChI is InChI=1S/C8H17NO.ClH/c1-7(2)5-6(9)8(3,4)10-7;/h6H,5,9H2,1-4H3;1H. The number of halogens is 1. The summed E-state index contributed by atoms with van der Waals surface area (Å²) in [4.78, 5) is 0. The largest absolute Gasteiger partial charge is 0.368 e. The molecule has 0 aliphatic carbocycles. The Morgan fingerprint density at radius 1 is 1.27 bits per heavy atom. The van der Waals surface area contributed by atoms with Gasteiger partial charge in [-0.2, -0.15) is 0 Å². The van der Waals surface area contributed by atoms with Crippen LogP contribution in [0.15, 0.2) is 0 Å². The van der Waals surface area contributed by atoms with E-state index in [-0.39, 0.29) is 29.7 Å². The SMILES string of the molecule is CC1(C)CC(N)C(C)(C)O1.Cl. The predicted molar refractivity (Wildman–Crippen MR) is 49.1 cm³/mol. The van der Waals surface area contributed by atoms with Gasteiger partial charge >= 0.3 is 0 Å². The van der Waals surface area contributed by atoms with E-state index in [1.165, 1.54) is 0 Å². The molecule has 0 aromatic rings. The normalized spacial score (nSPS) is 33.0. The van der Waals surface area contributed by atoms with Crippen molar-refractivity contribution in [3.63, 3.8) is 0 Å². The first-order valence-corrected chi connectivity index (χ1v) is 3.79. The lowest BCUT2D eigenvalue weighted by molar-refractivity contribution is -0.0674. The molecule has 0 bridgehead atoms. The van der Waals surface area contributed by atoms with Gasteiger partial charge in [-0.1, -0.05) is 0 Å². The number of rotatable bonds is 0. The van der Waals surface area contributed by atoms with Gasteiger partial charge in [-0.3, -0.25) is 0 Å². The lowest BCUT2D eigenvalue weighted by atomic mass is 9.96. The molecule has 1 aliphatic rings. The minimum atomic E-state index is -0.135. The van der Waals surface area contributed by atoms with Gasteiger partial charge in [0, 0.05) is 6.04 Å². The van der Waals surface area contributed by atoms with Gasteiger partial charge in [0.1, 0.15) is 0 Å². The van der Waals surface area contributed by atoms with Crippen molar-refractivity contribution in [2.45, 2.75) is 51.4 Å². The van der Waals surface area contributed by atoms with E-state index in [2.05, 4.69) is 13.8 Å². The lowest BCUT2D eigenvalue weighted by Crippen LogP contribution is -2.38. The molecule has 0 amide bonds. The van der Waals surface area contributed by atoms with Crippen LogP contribution in [0.5, 0.6) is 0 Å². The molecule has 2 N–H and O–H groups in total. The van der Waals surface area contributed by atoms with Crippen LogP contribution in [0.4, 0.5) is 0 Å². The van der Waals surface area contributed by atoms with Crippen LogP contribution in [-0.4, -0.2) is 17.2 Å². The second kappa shape index (κ2) is 2.92. The molecule has 11 heavy (non-hydrogen) atoms. The molecule has 0 saturated carbocycles. The molecule has 1 rings (SSSR count). The Hall–Kier alpha value is 0.210. The van der Waals surface area contributed by atoms with Crippen molar-refractivity contribution in [3.8, 4) is 0 Å². The van der Waals surface area contributed by atoms with Crippen molar-refractivity contribution in [3.05, 3.63) is 0 Å². The fourth-order valence-corrected chi connectivity index (χ4v) is 1.60. The van der Waals surface area contributed by atoms with Gasteiger partial charge in [-0.05, 0) is 34.1 Å². The average molecular weight is 180 g/mol. The molecule has 1 fully saturated rings. The zero-order valence-corrected chi connectivity index (χ0v) is 8.49. The van der Waals surface area contributed by atoms with E-state index in [0.29, 0.717) is 0 Å². The maximum Gasteiger partial charge on any atom is 0.0785 e. The molecule has 1 unspecified atom stereocenters. The van der Waals surface area contributed by atoms with Crippen LogP contribution < -0.4 is 5.73 Å². The van der Waals surface area contributed by atoms with Gasteiger partial charge in [-0.15, -0.1) is 12.4 Å². The van der Waals surface area contributed by atoms with Crippen molar-refractivity contribution >= 4 is 12.4 Å². The Morgan fingerprint density at radius 2 is 1.73 bits per heavy atom. The number of hydrogen-bond acceptors (Lipinski definition) is 2. The molecule has 2 nitrogen and oxygen atoms in total. The molecule has 0 aromatic heterocycles. The molecule has 1 saturated heterocycles. The van der Waals surface area contributed by atoms with E-state index in [0.717, 1.165) is 6.42 Å². The third-order valence-corrected chi connectivity index (χ3v) is 2.14. The quantitative estimate of drug-likeness (QED) is 0.615. The van der Waals surface area contributed by atoms with Gasteiger partial charge in [0.05, 0.1) is 11.2 Å². The van der Waals surface area contributed by atoms with Crippen LogP contribution in [0.3, 0.4) is 0 Å². The smallest absolute Gasteiger partial charge is 0.0785 e. The van der Waals surface area contributed by atoms with Crippen molar-refractivity contribution in [1.29, 1.82) is 0 Å². The monoisotopic (exact) mass is 179 g/mol. The summed E-state index contributed by atoms with van der Waals surface area (Å²) < 4.78 is 5.72. The van der Waals surface area contributed by atoms with E-state index >= 15 is 0 Å². The molecule has 1 heterocycles.